The summed E-state index contributed by atoms with van der Waals surface area (Å²) in [5.74, 6) is 0. The molecule has 3 fully saturated rings. The molecule has 3 aliphatic rings. The maximum atomic E-state index is 4.94. The van der Waals surface area contributed by atoms with E-state index in [0.717, 1.165) is 39.6 Å². The molecule has 0 aliphatic carbocycles. The number of hydrogen-bond donors (Lipinski definition) is 0. The molecule has 3 saturated heterocycles. The molecule has 0 aromatic rings. The molecule has 3 nitrogen and oxygen atoms in total. The maximum absolute atomic E-state index is 4.94. The van der Waals surface area contributed by atoms with Gasteiger partial charge in [0.15, 0.2) is 0 Å². The zero-order valence-corrected chi connectivity index (χ0v) is 25.9. The number of rotatable bonds is 0. The molecule has 3 aliphatic heterocycles. The standard InChI is InChI=1S/3C4H8O.5C3H5.2Li.Pr/c3*1-2-4-5-3-1;5*1-3-2;;;/h3*1-4H2;5*3H,1-2H2;;;/q;;;;;;;;2*+1;. The van der Waals surface area contributed by atoms with Crippen LogP contribution in [0.1, 0.15) is 38.5 Å². The average Bonchev–Trinajstić information content (AvgIpc) is 3.54. The molecule has 0 atom stereocenters. The van der Waals surface area contributed by atoms with Gasteiger partial charge < -0.3 is 14.2 Å². The molecule has 0 amide bonds. The first-order valence-electron chi connectivity index (χ1n) is 10.3. The van der Waals surface area contributed by atoms with E-state index in [9.17, 15) is 0 Å². The van der Waals surface area contributed by atoms with E-state index in [4.69, 9.17) is 14.2 Å². The van der Waals surface area contributed by atoms with Crippen molar-refractivity contribution < 1.29 is 93.2 Å². The molecule has 0 bridgehead atoms. The van der Waals surface area contributed by atoms with Crippen molar-refractivity contribution >= 4 is 0 Å². The summed E-state index contributed by atoms with van der Waals surface area (Å²) < 4.78 is 14.8. The summed E-state index contributed by atoms with van der Waals surface area (Å²) in [6.07, 6.45) is 15.2. The molecule has 6 heteroatoms. The van der Waals surface area contributed by atoms with Crippen molar-refractivity contribution in [3.05, 3.63) is 101 Å². The average molecular weight is 576 g/mol. The quantitative estimate of drug-likeness (QED) is 0.398. The van der Waals surface area contributed by atoms with E-state index in [-0.39, 0.29) is 79.0 Å². The van der Waals surface area contributed by atoms with Crippen molar-refractivity contribution in [2.45, 2.75) is 38.5 Å². The predicted molar refractivity (Wildman–Crippen MR) is 135 cm³/mol. The third-order valence-electron chi connectivity index (χ3n) is 2.48. The zero-order chi connectivity index (χ0) is 24.1. The van der Waals surface area contributed by atoms with Crippen molar-refractivity contribution in [2.75, 3.05) is 39.6 Å². The Bertz CT molecular complexity index is 134. The summed E-state index contributed by atoms with van der Waals surface area (Å²) in [7, 11) is 0. The third-order valence-corrected chi connectivity index (χ3v) is 2.48. The first-order chi connectivity index (χ1) is 14.6. The van der Waals surface area contributed by atoms with Crippen molar-refractivity contribution in [1.82, 2.24) is 0 Å². The van der Waals surface area contributed by atoms with Crippen LogP contribution in [0.2, 0.25) is 0 Å². The molecule has 0 aromatic heterocycles. The van der Waals surface area contributed by atoms with Gasteiger partial charge in [0.05, 0.1) is 0 Å². The van der Waals surface area contributed by atoms with Crippen molar-refractivity contribution in [1.29, 1.82) is 0 Å². The Morgan fingerprint density at radius 3 is 0.455 bits per heavy atom. The molecule has 16 radical (unpaired) electrons. The topological polar surface area (TPSA) is 27.7 Å². The maximum Gasteiger partial charge on any atom is 1.00 e. The van der Waals surface area contributed by atoms with Gasteiger partial charge in [-0.1, -0.05) is 0 Å². The SMILES string of the molecule is C1CCOC1.C1CCOC1.C1CCOC1.[CH2][CH][CH2].[CH2][CH][CH2].[CH2][CH][CH2].[CH2][CH][CH2].[CH2][CH][CH2].[Li+].[Li+].[Pr]. The van der Waals surface area contributed by atoms with Gasteiger partial charge in [0.25, 0.3) is 0 Å². The van der Waals surface area contributed by atoms with E-state index in [1.165, 1.54) is 70.6 Å². The van der Waals surface area contributed by atoms with Crippen LogP contribution in [0.5, 0.6) is 0 Å². The van der Waals surface area contributed by atoms with Gasteiger partial charge in [-0.2, -0.15) is 0 Å². The third kappa shape index (κ3) is 119. The smallest absolute Gasteiger partial charge is 0.381 e. The molecule has 0 unspecified atom stereocenters. The Labute approximate surface area is 270 Å². The molecule has 3 heterocycles. The van der Waals surface area contributed by atoms with Gasteiger partial charge in [-0.05, 0) is 140 Å². The van der Waals surface area contributed by atoms with Gasteiger partial charge in [0, 0.05) is 80.9 Å². The van der Waals surface area contributed by atoms with E-state index in [1.54, 1.807) is 0 Å². The van der Waals surface area contributed by atoms with Crippen LogP contribution in [0.3, 0.4) is 0 Å². The second kappa shape index (κ2) is 76.5. The van der Waals surface area contributed by atoms with Gasteiger partial charge in [0.1, 0.15) is 0 Å². The van der Waals surface area contributed by atoms with Crippen molar-refractivity contribution in [3.8, 4) is 0 Å². The Morgan fingerprint density at radius 1 is 0.333 bits per heavy atom. The first kappa shape index (κ1) is 55.8. The fraction of sp³-hybridized carbons (Fsp3) is 0.444. The molecule has 0 N–H and O–H groups in total. The van der Waals surface area contributed by atoms with Crippen LogP contribution in [-0.2, 0) is 14.2 Å². The normalized spacial score (nSPS) is 13.6. The number of ether oxygens (including phenoxy) is 3. The van der Waals surface area contributed by atoms with Crippen molar-refractivity contribution in [3.63, 3.8) is 0 Å². The van der Waals surface area contributed by atoms with E-state index < -0.39 is 0 Å². The monoisotopic (exact) mass is 576 g/mol. The minimum absolute atomic E-state index is 0. The minimum atomic E-state index is 0. The van der Waals surface area contributed by atoms with Crippen LogP contribution in [0.15, 0.2) is 0 Å². The fourth-order valence-electron chi connectivity index (χ4n) is 1.53. The van der Waals surface area contributed by atoms with E-state index in [2.05, 4.69) is 69.2 Å². The summed E-state index contributed by atoms with van der Waals surface area (Å²) in [6.45, 7) is 38.5. The first-order valence-corrected chi connectivity index (χ1v) is 10.3. The van der Waals surface area contributed by atoms with Crippen LogP contribution in [0.25, 0.3) is 0 Å². The van der Waals surface area contributed by atoms with Crippen molar-refractivity contribution in [2.24, 2.45) is 0 Å². The van der Waals surface area contributed by atoms with Gasteiger partial charge in [-0.15, -0.1) is 0 Å². The predicted octanol–water partition coefficient (Wildman–Crippen LogP) is 0.693. The molecule has 33 heavy (non-hydrogen) atoms. The summed E-state index contributed by atoms with van der Waals surface area (Å²) in [5.41, 5.74) is 0. The van der Waals surface area contributed by atoms with Gasteiger partial charge in [-0.3, -0.25) is 0 Å². The Morgan fingerprint density at radius 2 is 0.424 bits per heavy atom. The Kier molecular flexibility index (Phi) is 129. The second-order valence-electron chi connectivity index (χ2n) is 5.40. The molecule has 178 valence electrons. The van der Waals surface area contributed by atoms with Gasteiger partial charge in [-0.25, -0.2) is 0 Å². The zero-order valence-electron chi connectivity index (χ0n) is 22.2. The van der Waals surface area contributed by atoms with Crippen LogP contribution >= 0.6 is 0 Å². The van der Waals surface area contributed by atoms with E-state index in [1.807, 2.05) is 0 Å². The second-order valence-corrected chi connectivity index (χ2v) is 5.40. The van der Waals surface area contributed by atoms with Crippen LogP contribution in [-0.4, -0.2) is 39.6 Å². The summed E-state index contributed by atoms with van der Waals surface area (Å²) in [4.78, 5) is 0. The fourth-order valence-corrected chi connectivity index (χ4v) is 1.53. The molecular formula is C27H49Li2O3Pr+2. The molecule has 0 saturated carbocycles. The molecule has 0 aromatic carbocycles. The Hall–Kier alpha value is 2.44. The molecule has 0 spiro atoms. The van der Waals surface area contributed by atoms with Crippen LogP contribution in [0, 0.1) is 143 Å². The minimum Gasteiger partial charge on any atom is -0.381 e. The Balaban J connectivity index is -0.0000000362. The largest absolute Gasteiger partial charge is 1.00 e. The van der Waals surface area contributed by atoms with E-state index in [0.29, 0.717) is 0 Å². The van der Waals surface area contributed by atoms with Gasteiger partial charge in [0.2, 0.25) is 0 Å². The molecular weight excluding hydrogens is 527 g/mol. The summed E-state index contributed by atoms with van der Waals surface area (Å²) >= 11 is 0. The van der Waals surface area contributed by atoms with Crippen LogP contribution in [0.4, 0.5) is 0 Å². The summed E-state index contributed by atoms with van der Waals surface area (Å²) in [5, 5.41) is 0. The van der Waals surface area contributed by atoms with E-state index >= 15 is 0 Å². The van der Waals surface area contributed by atoms with Gasteiger partial charge >= 0.3 is 37.7 Å². The van der Waals surface area contributed by atoms with Crippen LogP contribution < -0.4 is 37.7 Å². The molecule has 3 rings (SSSR count). The summed E-state index contributed by atoms with van der Waals surface area (Å²) in [6, 6.07) is 0. The number of hydrogen-bond acceptors (Lipinski definition) is 3.